The lowest BCUT2D eigenvalue weighted by Gasteiger charge is -2.27. The van der Waals surface area contributed by atoms with Crippen LogP contribution in [0.1, 0.15) is 15.9 Å². The van der Waals surface area contributed by atoms with Gasteiger partial charge in [-0.25, -0.2) is 0 Å². The van der Waals surface area contributed by atoms with Crippen LogP contribution in [0.5, 0.6) is 0 Å². The number of hydrogen-bond donors (Lipinski definition) is 1. The second kappa shape index (κ2) is 4.40. The molecule has 4 nitrogen and oxygen atoms in total. The molecule has 0 aromatic carbocycles. The molecule has 0 aliphatic carbocycles. The molecule has 15 heavy (non-hydrogen) atoms. The van der Waals surface area contributed by atoms with Crippen molar-refractivity contribution in [3.8, 4) is 0 Å². The van der Waals surface area contributed by atoms with E-state index in [-0.39, 0.29) is 5.91 Å². The summed E-state index contributed by atoms with van der Waals surface area (Å²) in [5.74, 6) is 0.0905. The normalized spacial score (nSPS) is 16.5. The van der Waals surface area contributed by atoms with Gasteiger partial charge in [-0.3, -0.25) is 9.78 Å². The molecule has 0 spiro atoms. The standard InChI is InChI=1S/C11H15N3O/c1-9-6-10(8-13-7-9)11(15)14-4-2-12-3-5-14/h6-8,12H,2-5H2,1H3. The molecule has 0 saturated carbocycles. The monoisotopic (exact) mass is 205 g/mol. The van der Waals surface area contributed by atoms with Crippen molar-refractivity contribution in [1.29, 1.82) is 0 Å². The van der Waals surface area contributed by atoms with Crippen LogP contribution in [0.25, 0.3) is 0 Å². The fraction of sp³-hybridized carbons (Fsp3) is 0.455. The van der Waals surface area contributed by atoms with Gasteiger partial charge in [0, 0.05) is 38.6 Å². The minimum atomic E-state index is 0.0905. The Hall–Kier alpha value is -1.42. The number of carbonyl (C=O) groups excluding carboxylic acids is 1. The second-order valence-electron chi connectivity index (χ2n) is 3.79. The molecule has 1 aromatic rings. The average molecular weight is 205 g/mol. The van der Waals surface area contributed by atoms with E-state index in [1.165, 1.54) is 0 Å². The molecule has 1 saturated heterocycles. The smallest absolute Gasteiger partial charge is 0.255 e. The molecule has 0 unspecified atom stereocenters. The van der Waals surface area contributed by atoms with E-state index in [4.69, 9.17) is 0 Å². The van der Waals surface area contributed by atoms with Crippen LogP contribution in [-0.2, 0) is 0 Å². The van der Waals surface area contributed by atoms with Gasteiger partial charge in [-0.05, 0) is 18.6 Å². The van der Waals surface area contributed by atoms with Gasteiger partial charge in [0.25, 0.3) is 5.91 Å². The molecule has 1 fully saturated rings. The van der Waals surface area contributed by atoms with Gasteiger partial charge < -0.3 is 10.2 Å². The molecule has 1 N–H and O–H groups in total. The van der Waals surface area contributed by atoms with E-state index in [2.05, 4.69) is 10.3 Å². The number of nitrogens with one attached hydrogen (secondary N) is 1. The zero-order valence-corrected chi connectivity index (χ0v) is 8.86. The first-order chi connectivity index (χ1) is 7.27. The zero-order valence-electron chi connectivity index (χ0n) is 8.86. The second-order valence-corrected chi connectivity index (χ2v) is 3.79. The highest BCUT2D eigenvalue weighted by atomic mass is 16.2. The lowest BCUT2D eigenvalue weighted by molar-refractivity contribution is 0.0735. The van der Waals surface area contributed by atoms with Crippen molar-refractivity contribution >= 4 is 5.91 Å². The first kappa shape index (κ1) is 10.1. The van der Waals surface area contributed by atoms with E-state index < -0.39 is 0 Å². The Bertz CT molecular complexity index is 359. The van der Waals surface area contributed by atoms with Crippen molar-refractivity contribution in [2.75, 3.05) is 26.2 Å². The largest absolute Gasteiger partial charge is 0.336 e. The molecule has 4 heteroatoms. The van der Waals surface area contributed by atoms with Gasteiger partial charge in [0.15, 0.2) is 0 Å². The van der Waals surface area contributed by atoms with Crippen LogP contribution in [0.15, 0.2) is 18.5 Å². The Balaban J connectivity index is 2.12. The molecule has 0 bridgehead atoms. The molecule has 1 aliphatic rings. The Labute approximate surface area is 89.3 Å². The van der Waals surface area contributed by atoms with E-state index in [1.807, 2.05) is 17.9 Å². The van der Waals surface area contributed by atoms with Gasteiger partial charge in [-0.1, -0.05) is 0 Å². The number of piperazine rings is 1. The van der Waals surface area contributed by atoms with E-state index >= 15 is 0 Å². The van der Waals surface area contributed by atoms with Crippen LogP contribution in [-0.4, -0.2) is 42.0 Å². The van der Waals surface area contributed by atoms with Gasteiger partial charge in [0.05, 0.1) is 5.56 Å². The summed E-state index contributed by atoms with van der Waals surface area (Å²) in [5, 5.41) is 3.22. The lowest BCUT2D eigenvalue weighted by Crippen LogP contribution is -2.46. The third kappa shape index (κ3) is 2.33. The summed E-state index contributed by atoms with van der Waals surface area (Å²) in [4.78, 5) is 17.9. The number of hydrogen-bond acceptors (Lipinski definition) is 3. The van der Waals surface area contributed by atoms with Gasteiger partial charge in [0.2, 0.25) is 0 Å². The SMILES string of the molecule is Cc1cncc(C(=O)N2CCNCC2)c1. The lowest BCUT2D eigenvalue weighted by atomic mass is 10.2. The highest BCUT2D eigenvalue weighted by molar-refractivity contribution is 5.94. The first-order valence-electron chi connectivity index (χ1n) is 5.19. The highest BCUT2D eigenvalue weighted by Gasteiger charge is 2.17. The van der Waals surface area contributed by atoms with Crippen molar-refractivity contribution in [3.63, 3.8) is 0 Å². The molecular weight excluding hydrogens is 190 g/mol. The Kier molecular flexibility index (Phi) is 2.97. The summed E-state index contributed by atoms with van der Waals surface area (Å²) < 4.78 is 0. The Morgan fingerprint density at radius 1 is 1.40 bits per heavy atom. The van der Waals surface area contributed by atoms with E-state index in [0.29, 0.717) is 5.56 Å². The predicted molar refractivity (Wildman–Crippen MR) is 57.7 cm³/mol. The van der Waals surface area contributed by atoms with E-state index in [9.17, 15) is 4.79 Å². The van der Waals surface area contributed by atoms with Crippen molar-refractivity contribution < 1.29 is 4.79 Å². The Morgan fingerprint density at radius 3 is 2.80 bits per heavy atom. The molecule has 2 rings (SSSR count). The van der Waals surface area contributed by atoms with Crippen LogP contribution in [0.4, 0.5) is 0 Å². The van der Waals surface area contributed by atoms with Crippen LogP contribution in [0.3, 0.4) is 0 Å². The summed E-state index contributed by atoms with van der Waals surface area (Å²) in [6, 6.07) is 1.89. The summed E-state index contributed by atoms with van der Waals surface area (Å²) in [7, 11) is 0. The zero-order chi connectivity index (χ0) is 10.7. The van der Waals surface area contributed by atoms with Crippen LogP contribution in [0.2, 0.25) is 0 Å². The summed E-state index contributed by atoms with van der Waals surface area (Å²) in [6.07, 6.45) is 3.39. The van der Waals surface area contributed by atoms with Crippen LogP contribution >= 0.6 is 0 Å². The predicted octanol–water partition coefficient (Wildman–Crippen LogP) is 0.435. The number of amides is 1. The van der Waals surface area contributed by atoms with Gasteiger partial charge >= 0.3 is 0 Å². The van der Waals surface area contributed by atoms with Crippen LogP contribution < -0.4 is 5.32 Å². The third-order valence-corrected chi connectivity index (χ3v) is 2.53. The molecule has 0 radical (unpaired) electrons. The third-order valence-electron chi connectivity index (χ3n) is 2.53. The molecule has 2 heterocycles. The van der Waals surface area contributed by atoms with Crippen molar-refractivity contribution in [2.45, 2.75) is 6.92 Å². The summed E-state index contributed by atoms with van der Waals surface area (Å²) in [6.45, 7) is 5.27. The maximum atomic E-state index is 12.0. The van der Waals surface area contributed by atoms with Crippen molar-refractivity contribution in [1.82, 2.24) is 15.2 Å². The number of pyridine rings is 1. The number of aromatic nitrogens is 1. The molecular formula is C11H15N3O. The number of rotatable bonds is 1. The molecule has 1 aliphatic heterocycles. The maximum Gasteiger partial charge on any atom is 0.255 e. The minimum Gasteiger partial charge on any atom is -0.336 e. The van der Waals surface area contributed by atoms with Gasteiger partial charge in [-0.2, -0.15) is 0 Å². The average Bonchev–Trinajstić information content (AvgIpc) is 2.29. The Morgan fingerprint density at radius 2 is 2.13 bits per heavy atom. The summed E-state index contributed by atoms with van der Waals surface area (Å²) >= 11 is 0. The fourth-order valence-corrected chi connectivity index (χ4v) is 1.72. The van der Waals surface area contributed by atoms with E-state index in [0.717, 1.165) is 31.7 Å². The molecule has 0 atom stereocenters. The quantitative estimate of drug-likeness (QED) is 0.723. The summed E-state index contributed by atoms with van der Waals surface area (Å²) in [5.41, 5.74) is 1.72. The highest BCUT2D eigenvalue weighted by Crippen LogP contribution is 2.06. The van der Waals surface area contributed by atoms with E-state index in [1.54, 1.807) is 12.4 Å². The van der Waals surface area contributed by atoms with Gasteiger partial charge in [-0.15, -0.1) is 0 Å². The van der Waals surface area contributed by atoms with Crippen molar-refractivity contribution in [3.05, 3.63) is 29.6 Å². The fourth-order valence-electron chi connectivity index (χ4n) is 1.72. The maximum absolute atomic E-state index is 12.0. The minimum absolute atomic E-state index is 0.0905. The first-order valence-corrected chi connectivity index (χ1v) is 5.19. The van der Waals surface area contributed by atoms with Crippen molar-refractivity contribution in [2.24, 2.45) is 0 Å². The molecule has 1 amide bonds. The topological polar surface area (TPSA) is 45.2 Å². The number of aryl methyl sites for hydroxylation is 1. The molecule has 1 aromatic heterocycles. The number of nitrogens with zero attached hydrogens (tertiary/aromatic N) is 2. The number of carbonyl (C=O) groups is 1. The van der Waals surface area contributed by atoms with Gasteiger partial charge in [0.1, 0.15) is 0 Å². The van der Waals surface area contributed by atoms with Crippen LogP contribution in [0, 0.1) is 6.92 Å². The molecule has 80 valence electrons.